The predicted octanol–water partition coefficient (Wildman–Crippen LogP) is 1.30. The van der Waals surface area contributed by atoms with Crippen LogP contribution >= 0.6 is 0 Å². The molecular formula is C14H28N2O2. The quantitative estimate of drug-likeness (QED) is 0.674. The Labute approximate surface area is 111 Å². The van der Waals surface area contributed by atoms with Crippen LogP contribution in [0.1, 0.15) is 38.5 Å². The van der Waals surface area contributed by atoms with Gasteiger partial charge in [-0.2, -0.15) is 0 Å². The van der Waals surface area contributed by atoms with Crippen molar-refractivity contribution < 1.29 is 9.47 Å². The monoisotopic (exact) mass is 256 g/mol. The Hall–Kier alpha value is -0.160. The lowest BCUT2D eigenvalue weighted by molar-refractivity contribution is 0.0147. The summed E-state index contributed by atoms with van der Waals surface area (Å²) in [4.78, 5) is 0. The maximum Gasteiger partial charge on any atom is 0.0699 e. The number of rotatable bonds is 7. The van der Waals surface area contributed by atoms with E-state index >= 15 is 0 Å². The van der Waals surface area contributed by atoms with Crippen LogP contribution in [0.15, 0.2) is 0 Å². The van der Waals surface area contributed by atoms with Crippen molar-refractivity contribution >= 4 is 0 Å². The van der Waals surface area contributed by atoms with Gasteiger partial charge in [0.15, 0.2) is 0 Å². The first-order valence-corrected chi connectivity index (χ1v) is 7.60. The highest BCUT2D eigenvalue weighted by Crippen LogP contribution is 2.11. The molecule has 2 fully saturated rings. The van der Waals surface area contributed by atoms with Crippen molar-refractivity contribution in [3.63, 3.8) is 0 Å². The molecule has 106 valence electrons. The second kappa shape index (κ2) is 8.86. The summed E-state index contributed by atoms with van der Waals surface area (Å²) in [6.07, 6.45) is 8.17. The molecular weight excluding hydrogens is 228 g/mol. The zero-order valence-corrected chi connectivity index (χ0v) is 11.5. The first-order chi connectivity index (χ1) is 8.95. The number of nitrogens with one attached hydrogen (secondary N) is 2. The highest BCUT2D eigenvalue weighted by molar-refractivity contribution is 4.68. The highest BCUT2D eigenvalue weighted by atomic mass is 16.5. The van der Waals surface area contributed by atoms with E-state index in [0.717, 1.165) is 45.8 Å². The van der Waals surface area contributed by atoms with Gasteiger partial charge in [-0.05, 0) is 58.2 Å². The average molecular weight is 256 g/mol. The molecule has 0 aromatic heterocycles. The molecule has 0 spiro atoms. The molecule has 0 aromatic carbocycles. The van der Waals surface area contributed by atoms with Gasteiger partial charge in [-0.25, -0.2) is 0 Å². The number of ether oxygens (including phenoxy) is 2. The van der Waals surface area contributed by atoms with Crippen LogP contribution in [0.2, 0.25) is 0 Å². The summed E-state index contributed by atoms with van der Waals surface area (Å²) in [5.74, 6) is 0. The lowest BCUT2D eigenvalue weighted by Crippen LogP contribution is -2.34. The van der Waals surface area contributed by atoms with Crippen molar-refractivity contribution in [2.24, 2.45) is 0 Å². The van der Waals surface area contributed by atoms with Gasteiger partial charge in [0, 0.05) is 19.8 Å². The molecule has 2 saturated heterocycles. The summed E-state index contributed by atoms with van der Waals surface area (Å²) in [6.45, 7) is 6.12. The zero-order valence-electron chi connectivity index (χ0n) is 11.5. The van der Waals surface area contributed by atoms with Gasteiger partial charge in [-0.1, -0.05) is 0 Å². The van der Waals surface area contributed by atoms with E-state index in [1.165, 1.54) is 32.1 Å². The fourth-order valence-electron chi connectivity index (χ4n) is 2.64. The smallest absolute Gasteiger partial charge is 0.0699 e. The molecule has 1 unspecified atom stereocenters. The van der Waals surface area contributed by atoms with Crippen molar-refractivity contribution in [2.45, 2.75) is 50.7 Å². The van der Waals surface area contributed by atoms with E-state index in [9.17, 15) is 0 Å². The van der Waals surface area contributed by atoms with Gasteiger partial charge in [0.05, 0.1) is 12.2 Å². The molecule has 2 N–H and O–H groups in total. The first-order valence-electron chi connectivity index (χ1n) is 7.60. The van der Waals surface area contributed by atoms with E-state index in [1.54, 1.807) is 0 Å². The van der Waals surface area contributed by atoms with Gasteiger partial charge in [0.25, 0.3) is 0 Å². The fourth-order valence-corrected chi connectivity index (χ4v) is 2.64. The van der Waals surface area contributed by atoms with Crippen molar-refractivity contribution in [1.29, 1.82) is 0 Å². The maximum absolute atomic E-state index is 5.86. The van der Waals surface area contributed by atoms with E-state index in [1.807, 2.05) is 0 Å². The number of hydrogen-bond acceptors (Lipinski definition) is 4. The number of piperidine rings is 1. The maximum atomic E-state index is 5.86. The van der Waals surface area contributed by atoms with Crippen molar-refractivity contribution in [3.8, 4) is 0 Å². The predicted molar refractivity (Wildman–Crippen MR) is 72.9 cm³/mol. The Balaban J connectivity index is 1.39. The summed E-state index contributed by atoms with van der Waals surface area (Å²) < 4.78 is 11.5. The van der Waals surface area contributed by atoms with Gasteiger partial charge in [-0.3, -0.25) is 0 Å². The van der Waals surface area contributed by atoms with E-state index in [4.69, 9.17) is 9.47 Å². The lowest BCUT2D eigenvalue weighted by atomic mass is 10.1. The first kappa shape index (κ1) is 14.3. The molecule has 4 heteroatoms. The summed E-state index contributed by atoms with van der Waals surface area (Å²) in [5, 5.41) is 6.83. The minimum Gasteiger partial charge on any atom is -0.378 e. The van der Waals surface area contributed by atoms with E-state index < -0.39 is 0 Å². The van der Waals surface area contributed by atoms with Crippen LogP contribution in [-0.4, -0.2) is 51.6 Å². The molecule has 0 aliphatic carbocycles. The van der Waals surface area contributed by atoms with Crippen LogP contribution in [0, 0.1) is 0 Å². The van der Waals surface area contributed by atoms with Crippen LogP contribution in [0.4, 0.5) is 0 Å². The molecule has 2 heterocycles. The van der Waals surface area contributed by atoms with Crippen LogP contribution in [0.5, 0.6) is 0 Å². The summed E-state index contributed by atoms with van der Waals surface area (Å²) >= 11 is 0. The second-order valence-electron chi connectivity index (χ2n) is 5.37. The molecule has 1 atom stereocenters. The Morgan fingerprint density at radius 1 is 1.17 bits per heavy atom. The average Bonchev–Trinajstić information content (AvgIpc) is 2.45. The van der Waals surface area contributed by atoms with Crippen LogP contribution in [0.3, 0.4) is 0 Å². The normalized spacial score (nSPS) is 26.3. The largest absolute Gasteiger partial charge is 0.378 e. The standard InChI is InChI=1S/C14H28N2O2/c1-2-10-18-14(4-1)12-16-7-3-11-17-13-5-8-15-9-6-13/h13-16H,1-12H2. The Bertz CT molecular complexity index is 180. The van der Waals surface area contributed by atoms with Gasteiger partial charge in [-0.15, -0.1) is 0 Å². The third-order valence-electron chi connectivity index (χ3n) is 3.78. The topological polar surface area (TPSA) is 42.5 Å². The summed E-state index contributed by atoms with van der Waals surface area (Å²) in [5.41, 5.74) is 0. The summed E-state index contributed by atoms with van der Waals surface area (Å²) in [7, 11) is 0. The molecule has 2 aliphatic rings. The minimum atomic E-state index is 0.448. The highest BCUT2D eigenvalue weighted by Gasteiger charge is 2.13. The molecule has 0 radical (unpaired) electrons. The molecule has 0 amide bonds. The van der Waals surface area contributed by atoms with Crippen molar-refractivity contribution in [1.82, 2.24) is 10.6 Å². The third-order valence-corrected chi connectivity index (χ3v) is 3.78. The minimum absolute atomic E-state index is 0.448. The molecule has 2 aliphatic heterocycles. The fraction of sp³-hybridized carbons (Fsp3) is 1.00. The van der Waals surface area contributed by atoms with E-state index in [2.05, 4.69) is 10.6 Å². The Morgan fingerprint density at radius 2 is 2.06 bits per heavy atom. The SMILES string of the molecule is C(CNCC1CCCCO1)COC1CCNCC1. The molecule has 0 aromatic rings. The van der Waals surface area contributed by atoms with Gasteiger partial charge in [0.2, 0.25) is 0 Å². The second-order valence-corrected chi connectivity index (χ2v) is 5.37. The van der Waals surface area contributed by atoms with Crippen molar-refractivity contribution in [3.05, 3.63) is 0 Å². The molecule has 0 bridgehead atoms. The van der Waals surface area contributed by atoms with E-state index in [0.29, 0.717) is 12.2 Å². The lowest BCUT2D eigenvalue weighted by Gasteiger charge is -2.24. The third kappa shape index (κ3) is 5.65. The van der Waals surface area contributed by atoms with Crippen LogP contribution in [-0.2, 0) is 9.47 Å². The Morgan fingerprint density at radius 3 is 2.83 bits per heavy atom. The molecule has 0 saturated carbocycles. The number of hydrogen-bond donors (Lipinski definition) is 2. The van der Waals surface area contributed by atoms with Gasteiger partial charge < -0.3 is 20.1 Å². The van der Waals surface area contributed by atoms with Crippen LogP contribution in [0.25, 0.3) is 0 Å². The van der Waals surface area contributed by atoms with Crippen molar-refractivity contribution in [2.75, 3.05) is 39.4 Å². The van der Waals surface area contributed by atoms with Gasteiger partial charge in [0.1, 0.15) is 0 Å². The Kier molecular flexibility index (Phi) is 7.01. The van der Waals surface area contributed by atoms with E-state index in [-0.39, 0.29) is 0 Å². The van der Waals surface area contributed by atoms with Gasteiger partial charge >= 0.3 is 0 Å². The van der Waals surface area contributed by atoms with Crippen LogP contribution < -0.4 is 10.6 Å². The molecule has 2 rings (SSSR count). The zero-order chi connectivity index (χ0) is 12.5. The summed E-state index contributed by atoms with van der Waals surface area (Å²) in [6, 6.07) is 0. The molecule has 4 nitrogen and oxygen atoms in total. The molecule has 18 heavy (non-hydrogen) atoms.